The van der Waals surface area contributed by atoms with Gasteiger partial charge < -0.3 is 10.5 Å². The second kappa shape index (κ2) is 7.17. The van der Waals surface area contributed by atoms with Crippen LogP contribution in [0.2, 0.25) is 10.0 Å². The Morgan fingerprint density at radius 3 is 2.57 bits per heavy atom. The Balaban J connectivity index is 2.16. The van der Waals surface area contributed by atoms with E-state index in [0.29, 0.717) is 16.5 Å². The first-order valence-electron chi connectivity index (χ1n) is 6.92. The Morgan fingerprint density at radius 1 is 1.10 bits per heavy atom. The van der Waals surface area contributed by atoms with Gasteiger partial charge in [-0.1, -0.05) is 35.3 Å². The van der Waals surface area contributed by atoms with E-state index < -0.39 is 0 Å². The standard InChI is InChI=1S/C17H19Cl2NO/c1-11(2)21-15-5-3-4-12(9-15)17(20)10-13-8-14(18)6-7-16(13)19/h3-9,11,17H,10,20H2,1-2H3. The fraction of sp³-hybridized carbons (Fsp3) is 0.294. The molecule has 0 aliphatic rings. The minimum atomic E-state index is -0.156. The van der Waals surface area contributed by atoms with E-state index in [4.69, 9.17) is 33.7 Å². The van der Waals surface area contributed by atoms with Crippen molar-refractivity contribution < 1.29 is 4.74 Å². The topological polar surface area (TPSA) is 35.2 Å². The molecule has 0 heterocycles. The Hall–Kier alpha value is -1.22. The van der Waals surface area contributed by atoms with E-state index in [2.05, 4.69) is 0 Å². The van der Waals surface area contributed by atoms with Crippen molar-refractivity contribution in [3.8, 4) is 5.75 Å². The fourth-order valence-electron chi connectivity index (χ4n) is 2.15. The molecule has 0 bridgehead atoms. The van der Waals surface area contributed by atoms with Crippen LogP contribution in [0.1, 0.15) is 31.0 Å². The van der Waals surface area contributed by atoms with Gasteiger partial charge in [-0.2, -0.15) is 0 Å². The highest BCUT2D eigenvalue weighted by Crippen LogP contribution is 2.26. The van der Waals surface area contributed by atoms with Gasteiger partial charge in [-0.3, -0.25) is 0 Å². The molecule has 1 atom stereocenters. The molecular formula is C17H19Cl2NO. The van der Waals surface area contributed by atoms with Crippen molar-refractivity contribution >= 4 is 23.2 Å². The molecule has 0 aromatic heterocycles. The van der Waals surface area contributed by atoms with Crippen LogP contribution in [-0.2, 0) is 6.42 Å². The molecule has 0 saturated heterocycles. The molecule has 0 saturated carbocycles. The maximum absolute atomic E-state index is 6.29. The van der Waals surface area contributed by atoms with Crippen LogP contribution >= 0.6 is 23.2 Å². The number of hydrogen-bond donors (Lipinski definition) is 1. The predicted molar refractivity (Wildman–Crippen MR) is 89.3 cm³/mol. The summed E-state index contributed by atoms with van der Waals surface area (Å²) >= 11 is 12.2. The van der Waals surface area contributed by atoms with E-state index in [1.165, 1.54) is 0 Å². The molecule has 21 heavy (non-hydrogen) atoms. The molecule has 2 rings (SSSR count). The summed E-state index contributed by atoms with van der Waals surface area (Å²) in [5.74, 6) is 0.829. The molecule has 112 valence electrons. The lowest BCUT2D eigenvalue weighted by Gasteiger charge is -2.16. The van der Waals surface area contributed by atoms with Gasteiger partial charge in [-0.25, -0.2) is 0 Å². The number of ether oxygens (including phenoxy) is 1. The van der Waals surface area contributed by atoms with Gasteiger partial charge in [0.25, 0.3) is 0 Å². The molecule has 4 heteroatoms. The van der Waals surface area contributed by atoms with Crippen molar-refractivity contribution in [2.75, 3.05) is 0 Å². The van der Waals surface area contributed by atoms with Crippen LogP contribution in [0.5, 0.6) is 5.75 Å². The van der Waals surface area contributed by atoms with E-state index in [1.807, 2.05) is 44.2 Å². The lowest BCUT2D eigenvalue weighted by atomic mass is 9.99. The zero-order chi connectivity index (χ0) is 15.4. The molecule has 0 amide bonds. The fourth-order valence-corrected chi connectivity index (χ4v) is 2.53. The summed E-state index contributed by atoms with van der Waals surface area (Å²) in [7, 11) is 0. The number of nitrogens with two attached hydrogens (primary N) is 1. The van der Waals surface area contributed by atoms with E-state index in [0.717, 1.165) is 16.9 Å². The average molecular weight is 324 g/mol. The molecule has 2 N–H and O–H groups in total. The van der Waals surface area contributed by atoms with Gasteiger partial charge in [0.15, 0.2) is 0 Å². The maximum Gasteiger partial charge on any atom is 0.120 e. The van der Waals surface area contributed by atoms with Gasteiger partial charge in [0, 0.05) is 16.1 Å². The van der Waals surface area contributed by atoms with E-state index in [-0.39, 0.29) is 12.1 Å². The van der Waals surface area contributed by atoms with E-state index in [1.54, 1.807) is 12.1 Å². The highest BCUT2D eigenvalue weighted by Gasteiger charge is 2.11. The smallest absolute Gasteiger partial charge is 0.120 e. The van der Waals surface area contributed by atoms with Crippen LogP contribution in [0.15, 0.2) is 42.5 Å². The number of halogens is 2. The Morgan fingerprint density at radius 2 is 1.86 bits per heavy atom. The normalized spacial score (nSPS) is 12.5. The second-order valence-corrected chi connectivity index (χ2v) is 6.13. The van der Waals surface area contributed by atoms with Gasteiger partial charge in [0.05, 0.1) is 6.10 Å². The summed E-state index contributed by atoms with van der Waals surface area (Å²) in [6.07, 6.45) is 0.767. The first kappa shape index (κ1) is 16.2. The van der Waals surface area contributed by atoms with Crippen molar-refractivity contribution in [3.05, 3.63) is 63.6 Å². The quantitative estimate of drug-likeness (QED) is 0.838. The van der Waals surface area contributed by atoms with Crippen molar-refractivity contribution in [1.29, 1.82) is 0 Å². The highest BCUT2D eigenvalue weighted by atomic mass is 35.5. The Kier molecular flexibility index (Phi) is 5.51. The third-order valence-corrected chi connectivity index (χ3v) is 3.71. The SMILES string of the molecule is CC(C)Oc1cccc(C(N)Cc2cc(Cl)ccc2Cl)c1. The summed E-state index contributed by atoms with van der Waals surface area (Å²) < 4.78 is 5.70. The minimum absolute atomic E-state index is 0.138. The first-order chi connectivity index (χ1) is 9.95. The van der Waals surface area contributed by atoms with Gasteiger partial charge in [0.1, 0.15) is 5.75 Å². The molecule has 0 aliphatic carbocycles. The predicted octanol–water partition coefficient (Wildman–Crippen LogP) is 5.02. The number of benzene rings is 2. The molecule has 0 aliphatic heterocycles. The molecule has 0 radical (unpaired) electrons. The zero-order valence-corrected chi connectivity index (χ0v) is 13.7. The van der Waals surface area contributed by atoms with E-state index >= 15 is 0 Å². The van der Waals surface area contributed by atoms with E-state index in [9.17, 15) is 0 Å². The zero-order valence-electron chi connectivity index (χ0n) is 12.1. The van der Waals surface area contributed by atoms with Gasteiger partial charge in [-0.15, -0.1) is 0 Å². The van der Waals surface area contributed by atoms with Crippen LogP contribution in [0.4, 0.5) is 0 Å². The van der Waals surface area contributed by atoms with Crippen molar-refractivity contribution in [2.24, 2.45) is 5.73 Å². The summed E-state index contributed by atoms with van der Waals surface area (Å²) in [6, 6.07) is 13.1. The van der Waals surface area contributed by atoms with Gasteiger partial charge in [-0.05, 0) is 61.7 Å². The van der Waals surface area contributed by atoms with Crippen LogP contribution in [0, 0.1) is 0 Å². The van der Waals surface area contributed by atoms with Crippen LogP contribution in [0.3, 0.4) is 0 Å². The van der Waals surface area contributed by atoms with Crippen LogP contribution in [0.25, 0.3) is 0 Å². The van der Waals surface area contributed by atoms with Crippen molar-refractivity contribution in [1.82, 2.24) is 0 Å². The summed E-state index contributed by atoms with van der Waals surface area (Å²) in [6.45, 7) is 4.00. The summed E-state index contributed by atoms with van der Waals surface area (Å²) in [5.41, 5.74) is 8.26. The number of rotatable bonds is 5. The lowest BCUT2D eigenvalue weighted by Crippen LogP contribution is -2.14. The van der Waals surface area contributed by atoms with Crippen molar-refractivity contribution in [3.63, 3.8) is 0 Å². The number of hydrogen-bond acceptors (Lipinski definition) is 2. The monoisotopic (exact) mass is 323 g/mol. The molecule has 1 unspecified atom stereocenters. The first-order valence-corrected chi connectivity index (χ1v) is 7.67. The largest absolute Gasteiger partial charge is 0.491 e. The Bertz CT molecular complexity index is 613. The molecular weight excluding hydrogens is 305 g/mol. The highest BCUT2D eigenvalue weighted by molar-refractivity contribution is 6.33. The minimum Gasteiger partial charge on any atom is -0.491 e. The lowest BCUT2D eigenvalue weighted by molar-refractivity contribution is 0.242. The third-order valence-electron chi connectivity index (χ3n) is 3.11. The Labute approximate surface area is 135 Å². The van der Waals surface area contributed by atoms with Crippen LogP contribution < -0.4 is 10.5 Å². The molecule has 2 aromatic carbocycles. The summed E-state index contributed by atoms with van der Waals surface area (Å²) in [5, 5.41) is 1.35. The molecule has 0 fully saturated rings. The van der Waals surface area contributed by atoms with Crippen molar-refractivity contribution in [2.45, 2.75) is 32.4 Å². The molecule has 2 nitrogen and oxygen atoms in total. The maximum atomic E-state index is 6.29. The molecule has 0 spiro atoms. The third kappa shape index (κ3) is 4.63. The van der Waals surface area contributed by atoms with Crippen LogP contribution in [-0.4, -0.2) is 6.10 Å². The molecule has 2 aromatic rings. The van der Waals surface area contributed by atoms with Gasteiger partial charge in [0.2, 0.25) is 0 Å². The summed E-state index contributed by atoms with van der Waals surface area (Å²) in [4.78, 5) is 0. The average Bonchev–Trinajstić information content (AvgIpc) is 2.42. The van der Waals surface area contributed by atoms with Gasteiger partial charge >= 0.3 is 0 Å². The second-order valence-electron chi connectivity index (χ2n) is 5.29.